The Hall–Kier alpha value is -2.30. The Bertz CT molecular complexity index is 588. The smallest absolute Gasteiger partial charge is 0.191 e. The Morgan fingerprint density at radius 2 is 2.30 bits per heavy atom. The lowest BCUT2D eigenvalue weighted by Gasteiger charge is -2.10. The van der Waals surface area contributed by atoms with Crippen molar-refractivity contribution < 1.29 is 0 Å². The van der Waals surface area contributed by atoms with Crippen LogP contribution in [0.5, 0.6) is 0 Å². The van der Waals surface area contributed by atoms with Crippen molar-refractivity contribution in [1.82, 2.24) is 20.2 Å². The molecular formula is C15H19N5. The summed E-state index contributed by atoms with van der Waals surface area (Å²) in [6.07, 6.45) is 5.61. The van der Waals surface area contributed by atoms with Gasteiger partial charge in [0.15, 0.2) is 5.96 Å². The van der Waals surface area contributed by atoms with Crippen molar-refractivity contribution in [1.29, 1.82) is 0 Å². The number of aromatic nitrogens is 2. The van der Waals surface area contributed by atoms with E-state index in [1.165, 1.54) is 11.1 Å². The molecule has 5 nitrogen and oxygen atoms in total. The van der Waals surface area contributed by atoms with Crippen LogP contribution in [0.25, 0.3) is 0 Å². The van der Waals surface area contributed by atoms with Gasteiger partial charge in [-0.2, -0.15) is 0 Å². The number of nitrogens with one attached hydrogen (secondary N) is 2. The van der Waals surface area contributed by atoms with Crippen molar-refractivity contribution in [3.8, 4) is 0 Å². The highest BCUT2D eigenvalue weighted by Gasteiger charge is 2.11. The Morgan fingerprint density at radius 3 is 3.05 bits per heavy atom. The third-order valence-corrected chi connectivity index (χ3v) is 3.28. The van der Waals surface area contributed by atoms with Gasteiger partial charge in [-0.25, -0.2) is 4.98 Å². The lowest BCUT2D eigenvalue weighted by molar-refractivity contribution is 0.713. The highest BCUT2D eigenvalue weighted by atomic mass is 15.2. The van der Waals surface area contributed by atoms with Gasteiger partial charge >= 0.3 is 0 Å². The number of nitrogens with zero attached hydrogens (tertiary/aromatic N) is 3. The van der Waals surface area contributed by atoms with Crippen LogP contribution in [0.3, 0.4) is 0 Å². The second-order valence-corrected chi connectivity index (χ2v) is 5.14. The van der Waals surface area contributed by atoms with Gasteiger partial charge in [-0.05, 0) is 18.1 Å². The van der Waals surface area contributed by atoms with Crippen molar-refractivity contribution >= 4 is 5.96 Å². The van der Waals surface area contributed by atoms with E-state index in [1.807, 2.05) is 12.5 Å². The summed E-state index contributed by atoms with van der Waals surface area (Å²) >= 11 is 0. The first-order valence-electron chi connectivity index (χ1n) is 6.88. The minimum Gasteiger partial charge on any atom is -0.352 e. The van der Waals surface area contributed by atoms with Gasteiger partial charge in [-0.3, -0.25) is 4.99 Å². The number of guanidine groups is 1. The number of imidazole rings is 1. The van der Waals surface area contributed by atoms with Crippen LogP contribution < -0.4 is 10.6 Å². The first-order chi connectivity index (χ1) is 9.79. The molecule has 0 saturated carbocycles. The molecule has 0 amide bonds. The van der Waals surface area contributed by atoms with Gasteiger partial charge in [-0.1, -0.05) is 24.3 Å². The maximum atomic E-state index is 4.40. The SMILES string of the molecule is CC1CN=C(NCc2cccc(Cn3ccnc3)c2)N1. The van der Waals surface area contributed by atoms with Crippen molar-refractivity contribution in [2.24, 2.45) is 4.99 Å². The third kappa shape index (κ3) is 3.17. The first-order valence-corrected chi connectivity index (χ1v) is 6.88. The predicted octanol–water partition coefficient (Wildman–Crippen LogP) is 1.37. The van der Waals surface area contributed by atoms with Crippen LogP contribution in [0.15, 0.2) is 48.0 Å². The molecule has 1 unspecified atom stereocenters. The average Bonchev–Trinajstić information content (AvgIpc) is 3.09. The molecule has 0 radical (unpaired) electrons. The van der Waals surface area contributed by atoms with E-state index in [0.717, 1.165) is 25.6 Å². The summed E-state index contributed by atoms with van der Waals surface area (Å²) < 4.78 is 2.07. The van der Waals surface area contributed by atoms with E-state index < -0.39 is 0 Å². The van der Waals surface area contributed by atoms with Crippen LogP contribution in [-0.2, 0) is 13.1 Å². The molecule has 2 heterocycles. The van der Waals surface area contributed by atoms with Crippen LogP contribution in [0.4, 0.5) is 0 Å². The molecule has 3 rings (SSSR count). The Balaban J connectivity index is 1.60. The molecule has 0 bridgehead atoms. The molecule has 20 heavy (non-hydrogen) atoms. The van der Waals surface area contributed by atoms with Crippen LogP contribution in [0.2, 0.25) is 0 Å². The number of hydrogen-bond donors (Lipinski definition) is 2. The maximum Gasteiger partial charge on any atom is 0.191 e. The fourth-order valence-electron chi connectivity index (χ4n) is 2.27. The van der Waals surface area contributed by atoms with Crippen LogP contribution >= 0.6 is 0 Å². The highest BCUT2D eigenvalue weighted by molar-refractivity contribution is 5.81. The monoisotopic (exact) mass is 269 g/mol. The Labute approximate surface area is 118 Å². The van der Waals surface area contributed by atoms with Gasteiger partial charge < -0.3 is 15.2 Å². The van der Waals surface area contributed by atoms with Crippen LogP contribution in [0, 0.1) is 0 Å². The van der Waals surface area contributed by atoms with Crippen molar-refractivity contribution in [2.75, 3.05) is 6.54 Å². The zero-order valence-corrected chi connectivity index (χ0v) is 11.6. The topological polar surface area (TPSA) is 54.2 Å². The molecule has 1 aromatic heterocycles. The molecule has 0 fully saturated rings. The Morgan fingerprint density at radius 1 is 1.40 bits per heavy atom. The van der Waals surface area contributed by atoms with E-state index in [4.69, 9.17) is 0 Å². The van der Waals surface area contributed by atoms with E-state index in [9.17, 15) is 0 Å². The normalized spacial score (nSPS) is 17.6. The molecule has 5 heteroatoms. The third-order valence-electron chi connectivity index (χ3n) is 3.28. The summed E-state index contributed by atoms with van der Waals surface area (Å²) in [5.74, 6) is 0.900. The number of benzene rings is 1. The summed E-state index contributed by atoms with van der Waals surface area (Å²) in [5.41, 5.74) is 2.53. The molecule has 1 aromatic carbocycles. The summed E-state index contributed by atoms with van der Waals surface area (Å²) in [6.45, 7) is 4.62. The number of hydrogen-bond acceptors (Lipinski definition) is 4. The molecule has 0 aliphatic carbocycles. The number of aliphatic imine (C=N–C) groups is 1. The van der Waals surface area contributed by atoms with Gasteiger partial charge in [0, 0.05) is 31.5 Å². The molecule has 1 atom stereocenters. The van der Waals surface area contributed by atoms with Gasteiger partial charge in [0.2, 0.25) is 0 Å². The van der Waals surface area contributed by atoms with Gasteiger partial charge in [-0.15, -0.1) is 0 Å². The van der Waals surface area contributed by atoms with Crippen LogP contribution in [-0.4, -0.2) is 28.1 Å². The molecular weight excluding hydrogens is 250 g/mol. The van der Waals surface area contributed by atoms with E-state index in [-0.39, 0.29) is 0 Å². The largest absolute Gasteiger partial charge is 0.352 e. The second-order valence-electron chi connectivity index (χ2n) is 5.14. The fourth-order valence-corrected chi connectivity index (χ4v) is 2.27. The van der Waals surface area contributed by atoms with Crippen molar-refractivity contribution in [2.45, 2.75) is 26.1 Å². The minimum atomic E-state index is 0.435. The zero-order chi connectivity index (χ0) is 13.8. The average molecular weight is 269 g/mol. The van der Waals surface area contributed by atoms with Gasteiger partial charge in [0.05, 0.1) is 12.9 Å². The summed E-state index contributed by atoms with van der Waals surface area (Å²) in [7, 11) is 0. The van der Waals surface area contributed by atoms with E-state index in [2.05, 4.69) is 56.4 Å². The standard InChI is InChI=1S/C15H19N5/c1-12-8-17-15(19-12)18-9-13-3-2-4-14(7-13)10-20-6-5-16-11-20/h2-7,11-12H,8-10H2,1H3,(H2,17,18,19). The summed E-state index contributed by atoms with van der Waals surface area (Å²) in [4.78, 5) is 8.46. The zero-order valence-electron chi connectivity index (χ0n) is 11.6. The summed E-state index contributed by atoms with van der Waals surface area (Å²) in [5, 5.41) is 6.64. The van der Waals surface area contributed by atoms with Crippen LogP contribution in [0.1, 0.15) is 18.1 Å². The molecule has 2 aromatic rings. The van der Waals surface area contributed by atoms with Crippen molar-refractivity contribution in [3.05, 3.63) is 54.1 Å². The van der Waals surface area contributed by atoms with Crippen molar-refractivity contribution in [3.63, 3.8) is 0 Å². The predicted molar refractivity (Wildman–Crippen MR) is 79.5 cm³/mol. The van der Waals surface area contributed by atoms with E-state index in [0.29, 0.717) is 6.04 Å². The molecule has 2 N–H and O–H groups in total. The molecule has 1 aliphatic rings. The second kappa shape index (κ2) is 5.77. The molecule has 1 aliphatic heterocycles. The summed E-state index contributed by atoms with van der Waals surface area (Å²) in [6, 6.07) is 9.01. The highest BCUT2D eigenvalue weighted by Crippen LogP contribution is 2.07. The maximum absolute atomic E-state index is 4.40. The molecule has 104 valence electrons. The minimum absolute atomic E-state index is 0.435. The van der Waals surface area contributed by atoms with Gasteiger partial charge in [0.25, 0.3) is 0 Å². The Kier molecular flexibility index (Phi) is 3.67. The fraction of sp³-hybridized carbons (Fsp3) is 0.333. The van der Waals surface area contributed by atoms with Gasteiger partial charge in [0.1, 0.15) is 0 Å². The quantitative estimate of drug-likeness (QED) is 0.881. The lowest BCUT2D eigenvalue weighted by Crippen LogP contribution is -2.37. The van der Waals surface area contributed by atoms with E-state index >= 15 is 0 Å². The first kappa shape index (κ1) is 12.7. The van der Waals surface area contributed by atoms with E-state index in [1.54, 1.807) is 6.20 Å². The lowest BCUT2D eigenvalue weighted by atomic mass is 10.1. The molecule has 0 saturated heterocycles. The number of rotatable bonds is 4. The molecule has 0 spiro atoms.